The van der Waals surface area contributed by atoms with Gasteiger partial charge in [0.1, 0.15) is 0 Å². The van der Waals surface area contributed by atoms with E-state index in [1.54, 1.807) is 0 Å². The van der Waals surface area contributed by atoms with Gasteiger partial charge in [0, 0.05) is 19.2 Å². The summed E-state index contributed by atoms with van der Waals surface area (Å²) in [4.78, 5) is 0. The van der Waals surface area contributed by atoms with Crippen LogP contribution in [0.2, 0.25) is 0 Å². The van der Waals surface area contributed by atoms with Gasteiger partial charge in [0.15, 0.2) is 0 Å². The zero-order chi connectivity index (χ0) is 13.0. The van der Waals surface area contributed by atoms with E-state index in [-0.39, 0.29) is 0 Å². The molecule has 0 bridgehead atoms. The minimum atomic E-state index is 0.652. The van der Waals surface area contributed by atoms with Gasteiger partial charge in [0.2, 0.25) is 0 Å². The van der Waals surface area contributed by atoms with E-state index >= 15 is 0 Å². The molecule has 1 saturated carbocycles. The number of aromatic nitrogens is 2. The van der Waals surface area contributed by atoms with Crippen LogP contribution in [0.25, 0.3) is 0 Å². The lowest BCUT2D eigenvalue weighted by Crippen LogP contribution is -2.32. The van der Waals surface area contributed by atoms with Crippen LogP contribution in [0.15, 0.2) is 12.3 Å². The van der Waals surface area contributed by atoms with Crippen LogP contribution >= 0.6 is 0 Å². The van der Waals surface area contributed by atoms with Crippen LogP contribution in [-0.4, -0.2) is 22.9 Å². The molecule has 0 saturated heterocycles. The van der Waals surface area contributed by atoms with Crippen molar-refractivity contribution in [2.45, 2.75) is 45.4 Å². The Balaban J connectivity index is 2.01. The Morgan fingerprint density at radius 1 is 1.44 bits per heavy atom. The SMILES string of the molecule is CCCNCC1CCC(C)CC1c1ccn(C)n1. The van der Waals surface area contributed by atoms with Gasteiger partial charge in [-0.15, -0.1) is 0 Å². The fraction of sp³-hybridized carbons (Fsp3) is 0.800. The lowest BCUT2D eigenvalue weighted by atomic mass is 9.73. The first-order valence-electron chi connectivity index (χ1n) is 7.41. The minimum absolute atomic E-state index is 0.652. The highest BCUT2D eigenvalue weighted by atomic mass is 15.2. The van der Waals surface area contributed by atoms with E-state index in [1.165, 1.54) is 31.4 Å². The van der Waals surface area contributed by atoms with Crippen molar-refractivity contribution in [1.29, 1.82) is 0 Å². The lowest BCUT2D eigenvalue weighted by molar-refractivity contribution is 0.238. The molecule has 3 nitrogen and oxygen atoms in total. The van der Waals surface area contributed by atoms with Gasteiger partial charge in [-0.3, -0.25) is 4.68 Å². The highest BCUT2D eigenvalue weighted by molar-refractivity contribution is 5.10. The summed E-state index contributed by atoms with van der Waals surface area (Å²) >= 11 is 0. The number of nitrogens with zero attached hydrogens (tertiary/aromatic N) is 2. The molecule has 1 aliphatic rings. The van der Waals surface area contributed by atoms with Crippen molar-refractivity contribution in [3.63, 3.8) is 0 Å². The van der Waals surface area contributed by atoms with Crippen LogP contribution < -0.4 is 5.32 Å². The Morgan fingerprint density at radius 3 is 2.94 bits per heavy atom. The Bertz CT molecular complexity index is 358. The van der Waals surface area contributed by atoms with E-state index < -0.39 is 0 Å². The summed E-state index contributed by atoms with van der Waals surface area (Å²) in [5, 5.41) is 8.23. The fourth-order valence-electron chi connectivity index (χ4n) is 3.15. The van der Waals surface area contributed by atoms with Crippen LogP contribution in [0.5, 0.6) is 0 Å². The second kappa shape index (κ2) is 6.37. The summed E-state index contributed by atoms with van der Waals surface area (Å²) in [5.41, 5.74) is 1.30. The predicted octanol–water partition coefficient (Wildman–Crippen LogP) is 2.94. The average Bonchev–Trinajstić information content (AvgIpc) is 2.78. The van der Waals surface area contributed by atoms with Crippen molar-refractivity contribution in [3.8, 4) is 0 Å². The molecule has 1 aromatic rings. The molecular formula is C15H27N3. The topological polar surface area (TPSA) is 29.9 Å². The number of aryl methyl sites for hydroxylation is 1. The molecule has 1 aliphatic carbocycles. The number of hydrogen-bond donors (Lipinski definition) is 1. The monoisotopic (exact) mass is 249 g/mol. The molecule has 1 N–H and O–H groups in total. The highest BCUT2D eigenvalue weighted by Crippen LogP contribution is 2.39. The largest absolute Gasteiger partial charge is 0.316 e. The second-order valence-electron chi connectivity index (χ2n) is 5.90. The van der Waals surface area contributed by atoms with E-state index in [0.717, 1.165) is 24.9 Å². The van der Waals surface area contributed by atoms with Crippen molar-refractivity contribution < 1.29 is 0 Å². The van der Waals surface area contributed by atoms with E-state index in [9.17, 15) is 0 Å². The summed E-state index contributed by atoms with van der Waals surface area (Å²) in [7, 11) is 2.01. The van der Waals surface area contributed by atoms with Gasteiger partial charge in [-0.25, -0.2) is 0 Å². The third kappa shape index (κ3) is 3.35. The smallest absolute Gasteiger partial charge is 0.0658 e. The first-order chi connectivity index (χ1) is 8.70. The van der Waals surface area contributed by atoms with E-state index in [1.807, 2.05) is 11.7 Å². The van der Waals surface area contributed by atoms with Crippen molar-refractivity contribution in [2.24, 2.45) is 18.9 Å². The summed E-state index contributed by atoms with van der Waals surface area (Å²) in [6.45, 7) is 6.90. The summed E-state index contributed by atoms with van der Waals surface area (Å²) in [6.07, 6.45) is 7.32. The first kappa shape index (κ1) is 13.6. The molecular weight excluding hydrogens is 222 g/mol. The zero-order valence-electron chi connectivity index (χ0n) is 12.0. The van der Waals surface area contributed by atoms with Crippen LogP contribution in [0.3, 0.4) is 0 Å². The van der Waals surface area contributed by atoms with Crippen molar-refractivity contribution >= 4 is 0 Å². The van der Waals surface area contributed by atoms with Gasteiger partial charge in [0.25, 0.3) is 0 Å². The maximum Gasteiger partial charge on any atom is 0.0658 e. The molecule has 1 aromatic heterocycles. The average molecular weight is 249 g/mol. The van der Waals surface area contributed by atoms with E-state index in [4.69, 9.17) is 0 Å². The summed E-state index contributed by atoms with van der Waals surface area (Å²) < 4.78 is 1.94. The predicted molar refractivity (Wildman–Crippen MR) is 75.6 cm³/mol. The van der Waals surface area contributed by atoms with Crippen LogP contribution in [0.1, 0.15) is 51.1 Å². The summed E-state index contributed by atoms with van der Waals surface area (Å²) in [6, 6.07) is 2.20. The Kier molecular flexibility index (Phi) is 4.81. The normalized spacial score (nSPS) is 28.5. The molecule has 3 atom stereocenters. The molecule has 0 aromatic carbocycles. The maximum absolute atomic E-state index is 4.64. The standard InChI is InChI=1S/C15H27N3/c1-4-8-16-11-13-6-5-12(2)10-14(13)15-7-9-18(3)17-15/h7,9,12-14,16H,4-6,8,10-11H2,1-3H3. The number of rotatable bonds is 5. The Morgan fingerprint density at radius 2 is 2.28 bits per heavy atom. The van der Waals surface area contributed by atoms with Gasteiger partial charge in [-0.05, 0) is 50.3 Å². The molecule has 102 valence electrons. The summed E-state index contributed by atoms with van der Waals surface area (Å²) in [5.74, 6) is 2.27. The van der Waals surface area contributed by atoms with E-state index in [0.29, 0.717) is 5.92 Å². The minimum Gasteiger partial charge on any atom is -0.316 e. The van der Waals surface area contributed by atoms with Gasteiger partial charge >= 0.3 is 0 Å². The molecule has 2 rings (SSSR count). The molecule has 0 amide bonds. The van der Waals surface area contributed by atoms with Crippen molar-refractivity contribution in [2.75, 3.05) is 13.1 Å². The van der Waals surface area contributed by atoms with Gasteiger partial charge in [0.05, 0.1) is 5.69 Å². The van der Waals surface area contributed by atoms with Gasteiger partial charge in [-0.2, -0.15) is 5.10 Å². The molecule has 18 heavy (non-hydrogen) atoms. The molecule has 0 spiro atoms. The zero-order valence-corrected chi connectivity index (χ0v) is 12.0. The van der Waals surface area contributed by atoms with Crippen molar-refractivity contribution in [3.05, 3.63) is 18.0 Å². The van der Waals surface area contributed by atoms with Gasteiger partial charge < -0.3 is 5.32 Å². The molecule has 3 heteroatoms. The van der Waals surface area contributed by atoms with Crippen LogP contribution in [0.4, 0.5) is 0 Å². The Hall–Kier alpha value is -0.830. The van der Waals surface area contributed by atoms with Crippen LogP contribution in [-0.2, 0) is 7.05 Å². The molecule has 0 radical (unpaired) electrons. The molecule has 1 fully saturated rings. The third-order valence-electron chi connectivity index (χ3n) is 4.20. The number of hydrogen-bond acceptors (Lipinski definition) is 2. The second-order valence-corrected chi connectivity index (χ2v) is 5.90. The van der Waals surface area contributed by atoms with Crippen LogP contribution in [0, 0.1) is 11.8 Å². The van der Waals surface area contributed by atoms with E-state index in [2.05, 4.69) is 36.5 Å². The molecule has 3 unspecified atom stereocenters. The third-order valence-corrected chi connectivity index (χ3v) is 4.20. The lowest BCUT2D eigenvalue weighted by Gasteiger charge is -2.34. The molecule has 0 aliphatic heterocycles. The molecule has 1 heterocycles. The maximum atomic E-state index is 4.64. The first-order valence-corrected chi connectivity index (χ1v) is 7.41. The fourth-order valence-corrected chi connectivity index (χ4v) is 3.15. The quantitative estimate of drug-likeness (QED) is 0.813. The highest BCUT2D eigenvalue weighted by Gasteiger charge is 2.30. The Labute approximate surface area is 111 Å². The van der Waals surface area contributed by atoms with Crippen molar-refractivity contribution in [1.82, 2.24) is 15.1 Å². The number of nitrogens with one attached hydrogen (secondary N) is 1. The van der Waals surface area contributed by atoms with Gasteiger partial charge in [-0.1, -0.05) is 20.3 Å².